The standard InChI is InChI=1S/C15H21N3O3/c1-2-7-18-13(5-6-16-18)14(19)17-8-11(10-3-4-10)12(9-17)15(20)21/h5-6,10-12H,2-4,7-9H2,1H3,(H,20,21)/t11-,12+/m1/s1. The van der Waals surface area contributed by atoms with E-state index in [1.807, 2.05) is 6.92 Å². The van der Waals surface area contributed by atoms with Crippen molar-refractivity contribution in [1.82, 2.24) is 14.7 Å². The normalized spacial score (nSPS) is 25.3. The smallest absolute Gasteiger partial charge is 0.308 e. The van der Waals surface area contributed by atoms with E-state index in [2.05, 4.69) is 5.10 Å². The lowest BCUT2D eigenvalue weighted by Gasteiger charge is -2.17. The number of carboxylic acid groups (broad SMARTS) is 1. The Morgan fingerprint density at radius 2 is 2.14 bits per heavy atom. The first-order valence-corrected chi connectivity index (χ1v) is 7.65. The van der Waals surface area contributed by atoms with Crippen LogP contribution in [0.1, 0.15) is 36.7 Å². The molecule has 1 aliphatic carbocycles. The number of hydrogen-bond acceptors (Lipinski definition) is 3. The predicted molar refractivity (Wildman–Crippen MR) is 75.8 cm³/mol. The molecular weight excluding hydrogens is 270 g/mol. The second-order valence-corrected chi connectivity index (χ2v) is 6.10. The van der Waals surface area contributed by atoms with Gasteiger partial charge in [-0.3, -0.25) is 14.3 Å². The topological polar surface area (TPSA) is 75.4 Å². The first-order chi connectivity index (χ1) is 10.1. The Labute approximate surface area is 123 Å². The van der Waals surface area contributed by atoms with Crippen LogP contribution in [-0.4, -0.2) is 44.8 Å². The van der Waals surface area contributed by atoms with E-state index in [0.29, 0.717) is 31.2 Å². The highest BCUT2D eigenvalue weighted by atomic mass is 16.4. The van der Waals surface area contributed by atoms with Crippen LogP contribution in [0.3, 0.4) is 0 Å². The molecule has 2 aliphatic rings. The minimum absolute atomic E-state index is 0.0876. The largest absolute Gasteiger partial charge is 0.481 e. The summed E-state index contributed by atoms with van der Waals surface area (Å²) in [6.07, 6.45) is 4.74. The first kappa shape index (κ1) is 14.1. The van der Waals surface area contributed by atoms with Crippen LogP contribution < -0.4 is 0 Å². The van der Waals surface area contributed by atoms with Gasteiger partial charge in [-0.05, 0) is 37.2 Å². The fraction of sp³-hybridized carbons (Fsp3) is 0.667. The summed E-state index contributed by atoms with van der Waals surface area (Å²) in [5.41, 5.74) is 0.567. The van der Waals surface area contributed by atoms with Gasteiger partial charge in [-0.15, -0.1) is 0 Å². The van der Waals surface area contributed by atoms with Gasteiger partial charge in [0.1, 0.15) is 5.69 Å². The zero-order valence-corrected chi connectivity index (χ0v) is 12.2. The average Bonchev–Trinajstić information content (AvgIpc) is 3.02. The van der Waals surface area contributed by atoms with Gasteiger partial charge in [-0.2, -0.15) is 5.10 Å². The molecule has 0 radical (unpaired) electrons. The highest BCUT2D eigenvalue weighted by Gasteiger charge is 2.47. The molecule has 0 spiro atoms. The molecule has 3 rings (SSSR count). The molecule has 1 aromatic heterocycles. The number of carboxylic acids is 1. The molecule has 2 atom stereocenters. The van der Waals surface area contributed by atoms with E-state index >= 15 is 0 Å². The summed E-state index contributed by atoms with van der Waals surface area (Å²) in [4.78, 5) is 25.7. The Bertz CT molecular complexity index is 550. The minimum Gasteiger partial charge on any atom is -0.481 e. The van der Waals surface area contributed by atoms with Gasteiger partial charge in [0.15, 0.2) is 0 Å². The van der Waals surface area contributed by atoms with Crippen LogP contribution in [0.15, 0.2) is 12.3 Å². The van der Waals surface area contributed by atoms with Gasteiger partial charge in [0.2, 0.25) is 0 Å². The molecule has 1 N–H and O–H groups in total. The van der Waals surface area contributed by atoms with Crippen LogP contribution in [0.2, 0.25) is 0 Å². The van der Waals surface area contributed by atoms with Gasteiger partial charge in [0.05, 0.1) is 5.92 Å². The monoisotopic (exact) mass is 291 g/mol. The molecule has 0 aromatic carbocycles. The van der Waals surface area contributed by atoms with E-state index in [9.17, 15) is 14.7 Å². The summed E-state index contributed by atoms with van der Waals surface area (Å²) in [7, 11) is 0. The van der Waals surface area contributed by atoms with Gasteiger partial charge >= 0.3 is 5.97 Å². The molecule has 2 fully saturated rings. The van der Waals surface area contributed by atoms with E-state index in [1.54, 1.807) is 21.8 Å². The van der Waals surface area contributed by atoms with Crippen LogP contribution in [-0.2, 0) is 11.3 Å². The second kappa shape index (κ2) is 5.50. The molecule has 0 unspecified atom stereocenters. The van der Waals surface area contributed by atoms with Crippen LogP contribution >= 0.6 is 0 Å². The van der Waals surface area contributed by atoms with Crippen molar-refractivity contribution in [2.24, 2.45) is 17.8 Å². The van der Waals surface area contributed by atoms with Crippen molar-refractivity contribution in [3.63, 3.8) is 0 Å². The number of amides is 1. The Kier molecular flexibility index (Phi) is 3.69. The maximum Gasteiger partial charge on any atom is 0.308 e. The zero-order valence-electron chi connectivity index (χ0n) is 12.2. The number of nitrogens with zero attached hydrogens (tertiary/aromatic N) is 3. The molecule has 1 amide bonds. The quantitative estimate of drug-likeness (QED) is 0.891. The molecular formula is C15H21N3O3. The molecule has 1 aromatic rings. The van der Waals surface area contributed by atoms with Crippen molar-refractivity contribution in [2.45, 2.75) is 32.7 Å². The summed E-state index contributed by atoms with van der Waals surface area (Å²) in [5.74, 6) is -0.665. The van der Waals surface area contributed by atoms with Crippen molar-refractivity contribution >= 4 is 11.9 Å². The number of carbonyl (C=O) groups excluding carboxylic acids is 1. The number of hydrogen-bond donors (Lipinski definition) is 1. The van der Waals surface area contributed by atoms with E-state index in [0.717, 1.165) is 19.3 Å². The number of aryl methyl sites for hydroxylation is 1. The van der Waals surface area contributed by atoms with Gasteiger partial charge in [0.25, 0.3) is 5.91 Å². The summed E-state index contributed by atoms with van der Waals surface area (Å²) >= 11 is 0. The van der Waals surface area contributed by atoms with Crippen molar-refractivity contribution in [3.05, 3.63) is 18.0 Å². The number of carbonyl (C=O) groups is 2. The van der Waals surface area contributed by atoms with E-state index in [4.69, 9.17) is 0 Å². The highest BCUT2D eigenvalue weighted by Crippen LogP contribution is 2.44. The van der Waals surface area contributed by atoms with Crippen molar-refractivity contribution in [2.75, 3.05) is 13.1 Å². The van der Waals surface area contributed by atoms with Crippen LogP contribution in [0.5, 0.6) is 0 Å². The second-order valence-electron chi connectivity index (χ2n) is 6.10. The summed E-state index contributed by atoms with van der Waals surface area (Å²) in [6.45, 7) is 3.64. The van der Waals surface area contributed by atoms with Crippen molar-refractivity contribution in [3.8, 4) is 0 Å². The first-order valence-electron chi connectivity index (χ1n) is 7.65. The van der Waals surface area contributed by atoms with Crippen molar-refractivity contribution in [1.29, 1.82) is 0 Å². The molecule has 0 bridgehead atoms. The molecule has 21 heavy (non-hydrogen) atoms. The third-order valence-corrected chi connectivity index (χ3v) is 4.57. The number of aliphatic carboxylic acids is 1. The van der Waals surface area contributed by atoms with Gasteiger partial charge < -0.3 is 10.0 Å². The zero-order chi connectivity index (χ0) is 15.0. The number of likely N-dealkylation sites (tertiary alicyclic amines) is 1. The third-order valence-electron chi connectivity index (χ3n) is 4.57. The fourth-order valence-corrected chi connectivity index (χ4v) is 3.32. The summed E-state index contributed by atoms with van der Waals surface area (Å²) in [6, 6.07) is 1.72. The van der Waals surface area contributed by atoms with Gasteiger partial charge in [0, 0.05) is 25.8 Å². The summed E-state index contributed by atoms with van der Waals surface area (Å²) in [5, 5.41) is 13.5. The molecule has 1 saturated heterocycles. The Morgan fingerprint density at radius 3 is 2.76 bits per heavy atom. The third kappa shape index (κ3) is 2.66. The molecule has 6 heteroatoms. The maximum absolute atomic E-state index is 12.6. The Balaban J connectivity index is 1.76. The number of rotatable bonds is 5. The fourth-order valence-electron chi connectivity index (χ4n) is 3.32. The van der Waals surface area contributed by atoms with Crippen LogP contribution in [0.25, 0.3) is 0 Å². The highest BCUT2D eigenvalue weighted by molar-refractivity contribution is 5.93. The van der Waals surface area contributed by atoms with Gasteiger partial charge in [-0.25, -0.2) is 0 Å². The SMILES string of the molecule is CCCn1nccc1C(=O)N1C[C@H](C(=O)O)[C@@H](C2CC2)C1. The van der Waals surface area contributed by atoms with Gasteiger partial charge in [-0.1, -0.05) is 6.92 Å². The van der Waals surface area contributed by atoms with E-state index < -0.39 is 11.9 Å². The molecule has 1 aliphatic heterocycles. The predicted octanol–water partition coefficient (Wildman–Crippen LogP) is 1.48. The minimum atomic E-state index is -0.774. The Morgan fingerprint density at radius 1 is 1.38 bits per heavy atom. The van der Waals surface area contributed by atoms with E-state index in [1.165, 1.54) is 0 Å². The summed E-state index contributed by atoms with van der Waals surface area (Å²) < 4.78 is 1.71. The van der Waals surface area contributed by atoms with Crippen molar-refractivity contribution < 1.29 is 14.7 Å². The average molecular weight is 291 g/mol. The molecule has 1 saturated carbocycles. The lowest BCUT2D eigenvalue weighted by atomic mass is 9.92. The maximum atomic E-state index is 12.6. The molecule has 114 valence electrons. The Hall–Kier alpha value is -1.85. The lowest BCUT2D eigenvalue weighted by molar-refractivity contribution is -0.142. The lowest BCUT2D eigenvalue weighted by Crippen LogP contribution is -2.31. The molecule has 2 heterocycles. The van der Waals surface area contributed by atoms with Crippen LogP contribution in [0.4, 0.5) is 0 Å². The van der Waals surface area contributed by atoms with Crippen LogP contribution in [0, 0.1) is 17.8 Å². The number of aromatic nitrogens is 2. The molecule has 6 nitrogen and oxygen atoms in total. The van der Waals surface area contributed by atoms with E-state index in [-0.39, 0.29) is 11.8 Å².